The maximum Gasteiger partial charge on any atom is 0.0346 e. The molecule has 0 amide bonds. The summed E-state index contributed by atoms with van der Waals surface area (Å²) in [5, 5.41) is 6.12. The zero-order valence-corrected chi connectivity index (χ0v) is 10.5. The SMILES string of the molecule is C1=CCC(NCc2ccc3cnccc3c2)CC1. The minimum absolute atomic E-state index is 0.642. The van der Waals surface area contributed by atoms with Gasteiger partial charge in [0, 0.05) is 30.4 Å². The summed E-state index contributed by atoms with van der Waals surface area (Å²) in [4.78, 5) is 4.14. The smallest absolute Gasteiger partial charge is 0.0346 e. The highest BCUT2D eigenvalue weighted by molar-refractivity contribution is 5.81. The van der Waals surface area contributed by atoms with Crippen LogP contribution in [0.1, 0.15) is 24.8 Å². The molecule has 1 aliphatic rings. The molecule has 1 atom stereocenters. The van der Waals surface area contributed by atoms with Gasteiger partial charge in [-0.25, -0.2) is 0 Å². The standard InChI is InChI=1S/C16H18N2/c1-2-4-16(5-3-1)18-11-13-6-7-15-12-17-9-8-14(15)10-13/h1-2,6-10,12,16,18H,3-5,11H2. The normalized spacial score (nSPS) is 19.2. The second kappa shape index (κ2) is 5.32. The van der Waals surface area contributed by atoms with E-state index in [2.05, 4.69) is 46.7 Å². The molecule has 0 saturated carbocycles. The summed E-state index contributed by atoms with van der Waals surface area (Å²) in [6.45, 7) is 0.955. The Hall–Kier alpha value is -1.67. The molecule has 1 aromatic heterocycles. The monoisotopic (exact) mass is 238 g/mol. The van der Waals surface area contributed by atoms with Crippen LogP contribution in [0.2, 0.25) is 0 Å². The lowest BCUT2D eigenvalue weighted by atomic mass is 10.0. The van der Waals surface area contributed by atoms with Gasteiger partial charge in [0.15, 0.2) is 0 Å². The van der Waals surface area contributed by atoms with E-state index in [-0.39, 0.29) is 0 Å². The molecule has 0 spiro atoms. The molecule has 92 valence electrons. The Labute approximate surface area is 108 Å². The van der Waals surface area contributed by atoms with Gasteiger partial charge in [0.1, 0.15) is 0 Å². The van der Waals surface area contributed by atoms with Gasteiger partial charge in [-0.1, -0.05) is 24.3 Å². The molecule has 0 radical (unpaired) electrons. The molecule has 3 rings (SSSR count). The van der Waals surface area contributed by atoms with Gasteiger partial charge in [-0.3, -0.25) is 4.98 Å². The lowest BCUT2D eigenvalue weighted by Crippen LogP contribution is -2.29. The maximum atomic E-state index is 4.14. The Bertz CT molecular complexity index is 560. The Morgan fingerprint density at radius 3 is 3.06 bits per heavy atom. The van der Waals surface area contributed by atoms with Gasteiger partial charge in [0.25, 0.3) is 0 Å². The molecule has 0 saturated heterocycles. The highest BCUT2D eigenvalue weighted by Crippen LogP contribution is 2.16. The quantitative estimate of drug-likeness (QED) is 0.829. The molecule has 1 aromatic carbocycles. The van der Waals surface area contributed by atoms with Gasteiger partial charge < -0.3 is 5.32 Å². The number of rotatable bonds is 3. The summed E-state index contributed by atoms with van der Waals surface area (Å²) in [6, 6.07) is 9.31. The maximum absolute atomic E-state index is 4.14. The zero-order valence-electron chi connectivity index (χ0n) is 10.5. The first-order chi connectivity index (χ1) is 8.92. The summed E-state index contributed by atoms with van der Waals surface area (Å²) in [5.41, 5.74) is 1.35. The molecular weight excluding hydrogens is 220 g/mol. The second-order valence-electron chi connectivity index (χ2n) is 4.92. The van der Waals surface area contributed by atoms with Gasteiger partial charge >= 0.3 is 0 Å². The lowest BCUT2D eigenvalue weighted by molar-refractivity contribution is 0.474. The number of nitrogens with one attached hydrogen (secondary N) is 1. The summed E-state index contributed by atoms with van der Waals surface area (Å²) in [5.74, 6) is 0. The number of hydrogen-bond donors (Lipinski definition) is 1. The molecule has 1 N–H and O–H groups in total. The van der Waals surface area contributed by atoms with E-state index in [1.54, 1.807) is 0 Å². The number of nitrogens with zero attached hydrogens (tertiary/aromatic N) is 1. The highest BCUT2D eigenvalue weighted by atomic mass is 14.9. The van der Waals surface area contributed by atoms with Crippen molar-refractivity contribution in [2.45, 2.75) is 31.8 Å². The number of pyridine rings is 1. The van der Waals surface area contributed by atoms with Gasteiger partial charge in [-0.05, 0) is 42.3 Å². The Morgan fingerprint density at radius 2 is 2.17 bits per heavy atom. The van der Waals surface area contributed by atoms with E-state index in [1.807, 2.05) is 12.4 Å². The third-order valence-corrected chi connectivity index (χ3v) is 3.57. The molecule has 1 heterocycles. The number of aromatic nitrogens is 1. The van der Waals surface area contributed by atoms with E-state index in [9.17, 15) is 0 Å². The van der Waals surface area contributed by atoms with Gasteiger partial charge in [0.2, 0.25) is 0 Å². The van der Waals surface area contributed by atoms with Crippen LogP contribution in [-0.4, -0.2) is 11.0 Å². The summed E-state index contributed by atoms with van der Waals surface area (Å²) in [7, 11) is 0. The molecule has 0 bridgehead atoms. The van der Waals surface area contributed by atoms with E-state index >= 15 is 0 Å². The van der Waals surface area contributed by atoms with Crippen LogP contribution in [0.5, 0.6) is 0 Å². The average Bonchev–Trinajstić information content (AvgIpc) is 2.46. The number of benzene rings is 1. The molecule has 18 heavy (non-hydrogen) atoms. The summed E-state index contributed by atoms with van der Waals surface area (Å²) < 4.78 is 0. The minimum atomic E-state index is 0.642. The predicted molar refractivity (Wildman–Crippen MR) is 75.4 cm³/mol. The third kappa shape index (κ3) is 2.59. The molecule has 0 aliphatic heterocycles. The van der Waals surface area contributed by atoms with E-state index in [0.29, 0.717) is 6.04 Å². The van der Waals surface area contributed by atoms with E-state index in [4.69, 9.17) is 0 Å². The van der Waals surface area contributed by atoms with Crippen LogP contribution >= 0.6 is 0 Å². The average molecular weight is 238 g/mol. The van der Waals surface area contributed by atoms with E-state index in [0.717, 1.165) is 13.0 Å². The van der Waals surface area contributed by atoms with Crippen LogP contribution in [0.15, 0.2) is 48.8 Å². The van der Waals surface area contributed by atoms with Crippen molar-refractivity contribution in [2.24, 2.45) is 0 Å². The van der Waals surface area contributed by atoms with Crippen LogP contribution in [-0.2, 0) is 6.54 Å². The van der Waals surface area contributed by atoms with Gasteiger partial charge in [-0.15, -0.1) is 0 Å². The number of fused-ring (bicyclic) bond motifs is 1. The first kappa shape index (κ1) is 11.4. The molecule has 2 nitrogen and oxygen atoms in total. The van der Waals surface area contributed by atoms with Crippen LogP contribution in [0, 0.1) is 0 Å². The van der Waals surface area contributed by atoms with Crippen LogP contribution in [0.25, 0.3) is 10.8 Å². The fourth-order valence-electron chi connectivity index (χ4n) is 2.48. The van der Waals surface area contributed by atoms with Crippen molar-refractivity contribution in [3.05, 3.63) is 54.4 Å². The van der Waals surface area contributed by atoms with Crippen LogP contribution in [0.4, 0.5) is 0 Å². The van der Waals surface area contributed by atoms with Crippen molar-refractivity contribution in [1.82, 2.24) is 10.3 Å². The second-order valence-corrected chi connectivity index (χ2v) is 4.92. The van der Waals surface area contributed by atoms with Crippen molar-refractivity contribution in [3.63, 3.8) is 0 Å². The molecule has 2 aromatic rings. The van der Waals surface area contributed by atoms with Crippen molar-refractivity contribution < 1.29 is 0 Å². The Balaban J connectivity index is 1.69. The lowest BCUT2D eigenvalue weighted by Gasteiger charge is -2.19. The fourth-order valence-corrected chi connectivity index (χ4v) is 2.48. The molecule has 1 aliphatic carbocycles. The topological polar surface area (TPSA) is 24.9 Å². The Kier molecular flexibility index (Phi) is 3.37. The first-order valence-electron chi connectivity index (χ1n) is 6.63. The summed E-state index contributed by atoms with van der Waals surface area (Å²) in [6.07, 6.45) is 12.0. The largest absolute Gasteiger partial charge is 0.310 e. The van der Waals surface area contributed by atoms with Crippen molar-refractivity contribution >= 4 is 10.8 Å². The van der Waals surface area contributed by atoms with E-state index < -0.39 is 0 Å². The predicted octanol–water partition coefficient (Wildman–Crippen LogP) is 3.43. The van der Waals surface area contributed by atoms with Crippen LogP contribution in [0.3, 0.4) is 0 Å². The van der Waals surface area contributed by atoms with Crippen LogP contribution < -0.4 is 5.32 Å². The Morgan fingerprint density at radius 1 is 1.17 bits per heavy atom. The molecule has 1 unspecified atom stereocenters. The van der Waals surface area contributed by atoms with Crippen molar-refractivity contribution in [2.75, 3.05) is 0 Å². The molecular formula is C16H18N2. The fraction of sp³-hybridized carbons (Fsp3) is 0.312. The van der Waals surface area contributed by atoms with Crippen molar-refractivity contribution in [1.29, 1.82) is 0 Å². The zero-order chi connectivity index (χ0) is 12.2. The third-order valence-electron chi connectivity index (χ3n) is 3.57. The first-order valence-corrected chi connectivity index (χ1v) is 6.63. The highest BCUT2D eigenvalue weighted by Gasteiger charge is 2.08. The van der Waals surface area contributed by atoms with Gasteiger partial charge in [-0.2, -0.15) is 0 Å². The minimum Gasteiger partial charge on any atom is -0.310 e. The molecule has 2 heteroatoms. The van der Waals surface area contributed by atoms with E-state index in [1.165, 1.54) is 29.2 Å². The number of allylic oxidation sites excluding steroid dienone is 1. The molecule has 0 fully saturated rings. The van der Waals surface area contributed by atoms with Crippen molar-refractivity contribution in [3.8, 4) is 0 Å². The summed E-state index contributed by atoms with van der Waals surface area (Å²) >= 11 is 0. The van der Waals surface area contributed by atoms with Gasteiger partial charge in [0.05, 0.1) is 0 Å². The number of hydrogen-bond acceptors (Lipinski definition) is 2.